The molecule has 0 saturated heterocycles. The van der Waals surface area contributed by atoms with Gasteiger partial charge in [0.15, 0.2) is 5.76 Å². The van der Waals surface area contributed by atoms with E-state index in [1.807, 2.05) is 69.3 Å². The Morgan fingerprint density at radius 2 is 1.88 bits per heavy atom. The molecule has 0 bridgehead atoms. The molecule has 0 aliphatic carbocycles. The topological polar surface area (TPSA) is 120 Å². The number of nitrogens with one attached hydrogen (secondary N) is 1. The van der Waals surface area contributed by atoms with E-state index in [-0.39, 0.29) is 10.2 Å². The molecule has 0 aliphatic heterocycles. The average molecular weight is 463 g/mol. The summed E-state index contributed by atoms with van der Waals surface area (Å²) >= 11 is 0. The van der Waals surface area contributed by atoms with Crippen LogP contribution in [0.15, 0.2) is 65.4 Å². The smallest absolute Gasteiger partial charge is 0.231 e. The van der Waals surface area contributed by atoms with Gasteiger partial charge in [0.1, 0.15) is 11.4 Å². The van der Waals surface area contributed by atoms with Crippen LogP contribution in [0.1, 0.15) is 35.9 Å². The van der Waals surface area contributed by atoms with Crippen LogP contribution < -0.4 is 11.1 Å². The van der Waals surface area contributed by atoms with E-state index in [1.54, 1.807) is 12.4 Å². The van der Waals surface area contributed by atoms with Gasteiger partial charge in [-0.1, -0.05) is 35.5 Å². The van der Waals surface area contributed by atoms with Crippen molar-refractivity contribution < 1.29 is 13.6 Å². The molecule has 0 radical (unpaired) electrons. The molecular weight excluding hydrogens is 428 g/mol. The first-order valence-electron chi connectivity index (χ1n) is 11.2. The zero-order chi connectivity index (χ0) is 24.1. The molecule has 3 N–H and O–H groups in total. The van der Waals surface area contributed by atoms with Crippen molar-refractivity contribution >= 4 is 5.91 Å². The first-order valence-corrected chi connectivity index (χ1v) is 11.2. The molecule has 0 spiro atoms. The number of pyridine rings is 1. The molecule has 0 saturated carbocycles. The van der Waals surface area contributed by atoms with Crippen LogP contribution in [0.2, 0.25) is 0 Å². The van der Waals surface area contributed by atoms with Crippen molar-refractivity contribution in [3.8, 4) is 34.0 Å². The highest BCUT2D eigenvalue weighted by Gasteiger charge is 2.31. The number of nitrogens with two attached hydrogens (primary N) is 1. The molecule has 180 valence electrons. The number of aryl methyl sites for hydroxylation is 1. The van der Waals surface area contributed by atoms with Gasteiger partial charge in [0.2, 0.25) is 5.91 Å². The third-order valence-electron chi connectivity index (χ3n) is 5.70. The quantitative estimate of drug-likeness (QED) is 0.366. The number of hydrogen-bond acceptors (Lipinski definition) is 7. The predicted octanol–water partition coefficient (Wildman–Crippen LogP) is 4.65. The monoisotopic (exact) mass is 462 g/mol. The fraction of sp³-hybridized carbons (Fsp3) is 0.269. The van der Waals surface area contributed by atoms with Gasteiger partial charge < -0.3 is 15.6 Å². The van der Waals surface area contributed by atoms with E-state index in [9.17, 15) is 4.79 Å². The summed E-state index contributed by atoms with van der Waals surface area (Å²) in [5.74, 6) is 0.441. The van der Waals surface area contributed by atoms with Crippen molar-refractivity contribution in [1.82, 2.24) is 25.4 Å². The summed E-state index contributed by atoms with van der Waals surface area (Å²) in [6.45, 7) is 6.64. The summed E-state index contributed by atoms with van der Waals surface area (Å²) in [5, 5.41) is 7.13. The molecule has 1 amide bonds. The van der Waals surface area contributed by atoms with E-state index in [2.05, 4.69) is 20.4 Å². The Labute approximate surface area is 203 Å². The minimum atomic E-state index is -0.818. The minimum absolute atomic E-state index is 0. The highest BCUT2D eigenvalue weighted by atomic mass is 16.5. The maximum Gasteiger partial charge on any atom is 0.231 e. The highest BCUT2D eigenvalue weighted by molar-refractivity contribution is 5.87. The standard InChI is InChI=1S/C26H28N6O2.3H2/c1-17-24(22-15-20(32-34-22)18-8-5-4-6-9-18)31-21(16-30-17)19-10-13-28-23(14-19)26(2,3)25(33)29-12-7-11-27;;;/h4-6,8-10,13-16H,7,11-12,27H2,1-3H3,(H,29,33);3*1H. The Morgan fingerprint density at radius 3 is 2.65 bits per heavy atom. The second-order valence-corrected chi connectivity index (χ2v) is 8.58. The molecule has 1 aromatic carbocycles. The molecule has 4 rings (SSSR count). The average Bonchev–Trinajstić information content (AvgIpc) is 3.35. The minimum Gasteiger partial charge on any atom is -0.355 e. The second kappa shape index (κ2) is 9.93. The maximum atomic E-state index is 12.8. The van der Waals surface area contributed by atoms with Crippen LogP contribution in [0.5, 0.6) is 0 Å². The number of aromatic nitrogens is 4. The molecule has 0 atom stereocenters. The number of nitrogens with zero attached hydrogens (tertiary/aromatic N) is 4. The SMILES string of the molecule is Cc1ncc(-c2ccnc(C(C)(C)C(=O)NCCCN)c2)nc1-c1cc(-c2ccccc2)no1.[HH].[HH].[HH]. The normalized spacial score (nSPS) is 11.4. The fourth-order valence-corrected chi connectivity index (χ4v) is 3.53. The lowest BCUT2D eigenvalue weighted by molar-refractivity contribution is -0.125. The Hall–Kier alpha value is -3.91. The molecule has 0 aliphatic rings. The molecule has 8 heteroatoms. The van der Waals surface area contributed by atoms with Gasteiger partial charge >= 0.3 is 0 Å². The molecule has 3 aromatic heterocycles. The van der Waals surface area contributed by atoms with Crippen molar-refractivity contribution in [3.63, 3.8) is 0 Å². The molecule has 8 nitrogen and oxygen atoms in total. The van der Waals surface area contributed by atoms with E-state index in [0.717, 1.165) is 28.9 Å². The fourth-order valence-electron chi connectivity index (χ4n) is 3.53. The van der Waals surface area contributed by atoms with Crippen LogP contribution in [-0.2, 0) is 10.2 Å². The lowest BCUT2D eigenvalue weighted by Crippen LogP contribution is -2.41. The molecule has 0 unspecified atom stereocenters. The van der Waals surface area contributed by atoms with Gasteiger partial charge in [-0.15, -0.1) is 0 Å². The van der Waals surface area contributed by atoms with Crippen molar-refractivity contribution in [2.45, 2.75) is 32.6 Å². The van der Waals surface area contributed by atoms with Crippen molar-refractivity contribution in [3.05, 3.63) is 72.3 Å². The third kappa shape index (κ3) is 4.87. The van der Waals surface area contributed by atoms with E-state index in [0.29, 0.717) is 35.9 Å². The number of benzene rings is 1. The first kappa shape index (κ1) is 23.3. The van der Waals surface area contributed by atoms with Gasteiger partial charge in [-0.3, -0.25) is 14.8 Å². The van der Waals surface area contributed by atoms with E-state index < -0.39 is 5.41 Å². The summed E-state index contributed by atoms with van der Waals surface area (Å²) in [5.41, 5.74) is 9.86. The number of hydrogen-bond donors (Lipinski definition) is 2. The number of amides is 1. The Balaban J connectivity index is 0.00000228. The summed E-state index contributed by atoms with van der Waals surface area (Å²) in [4.78, 5) is 26.5. The Kier molecular flexibility index (Phi) is 6.79. The number of carbonyl (C=O) groups excluding carboxylic acids is 1. The van der Waals surface area contributed by atoms with Crippen LogP contribution in [0, 0.1) is 6.92 Å². The van der Waals surface area contributed by atoms with Gasteiger partial charge in [0, 0.05) is 34.2 Å². The van der Waals surface area contributed by atoms with Crippen LogP contribution in [-0.4, -0.2) is 39.1 Å². The third-order valence-corrected chi connectivity index (χ3v) is 5.70. The Bertz CT molecular complexity index is 1300. The summed E-state index contributed by atoms with van der Waals surface area (Å²) in [7, 11) is 0. The van der Waals surface area contributed by atoms with Crippen LogP contribution in [0.3, 0.4) is 0 Å². The van der Waals surface area contributed by atoms with Gasteiger partial charge in [-0.25, -0.2) is 4.98 Å². The zero-order valence-corrected chi connectivity index (χ0v) is 19.6. The van der Waals surface area contributed by atoms with Gasteiger partial charge in [-0.2, -0.15) is 0 Å². The summed E-state index contributed by atoms with van der Waals surface area (Å²) < 4.78 is 5.61. The van der Waals surface area contributed by atoms with E-state index >= 15 is 0 Å². The molecule has 3 heterocycles. The van der Waals surface area contributed by atoms with Gasteiger partial charge in [-0.05, 0) is 45.9 Å². The van der Waals surface area contributed by atoms with Crippen LogP contribution >= 0.6 is 0 Å². The lowest BCUT2D eigenvalue weighted by atomic mass is 9.86. The molecule has 0 fully saturated rings. The van der Waals surface area contributed by atoms with Crippen LogP contribution in [0.4, 0.5) is 0 Å². The Morgan fingerprint density at radius 1 is 1.09 bits per heavy atom. The molecule has 4 aromatic rings. The summed E-state index contributed by atoms with van der Waals surface area (Å²) in [6, 6.07) is 15.4. The first-order chi connectivity index (χ1) is 16.4. The predicted molar refractivity (Wildman–Crippen MR) is 137 cm³/mol. The number of carbonyl (C=O) groups is 1. The molecular formula is C26H34N6O2. The van der Waals surface area contributed by atoms with Crippen molar-refractivity contribution in [2.75, 3.05) is 13.1 Å². The highest BCUT2D eigenvalue weighted by Crippen LogP contribution is 2.30. The van der Waals surface area contributed by atoms with Gasteiger partial charge in [0.25, 0.3) is 0 Å². The van der Waals surface area contributed by atoms with Gasteiger partial charge in [0.05, 0.1) is 28.7 Å². The lowest BCUT2D eigenvalue weighted by Gasteiger charge is -2.23. The van der Waals surface area contributed by atoms with Crippen molar-refractivity contribution in [1.29, 1.82) is 0 Å². The van der Waals surface area contributed by atoms with Crippen LogP contribution in [0.25, 0.3) is 34.0 Å². The zero-order valence-electron chi connectivity index (χ0n) is 19.6. The number of rotatable bonds is 8. The van der Waals surface area contributed by atoms with Crippen molar-refractivity contribution in [2.24, 2.45) is 5.73 Å². The largest absolute Gasteiger partial charge is 0.355 e. The van der Waals surface area contributed by atoms with E-state index in [4.69, 9.17) is 15.2 Å². The molecule has 34 heavy (non-hydrogen) atoms. The summed E-state index contributed by atoms with van der Waals surface area (Å²) in [6.07, 6.45) is 4.12. The second-order valence-electron chi connectivity index (χ2n) is 8.58. The van der Waals surface area contributed by atoms with E-state index in [1.165, 1.54) is 0 Å². The maximum absolute atomic E-state index is 12.8.